The molecular formula is C24H29ClN3O4+. The summed E-state index contributed by atoms with van der Waals surface area (Å²) in [6, 6.07) is 12.9. The summed E-state index contributed by atoms with van der Waals surface area (Å²) in [6.45, 7) is 10.9. The molecule has 32 heavy (non-hydrogen) atoms. The monoisotopic (exact) mass is 458 g/mol. The second kappa shape index (κ2) is 8.82. The van der Waals surface area contributed by atoms with Crippen LogP contribution in [0.15, 0.2) is 48.7 Å². The number of hydrogen-bond donors (Lipinski definition) is 1. The highest BCUT2D eigenvalue weighted by atomic mass is 35.5. The topological polar surface area (TPSA) is 73.4 Å². The fourth-order valence-electron chi connectivity index (χ4n) is 3.18. The molecular weight excluding hydrogens is 430 g/mol. The van der Waals surface area contributed by atoms with Crippen molar-refractivity contribution in [2.75, 3.05) is 0 Å². The average molecular weight is 459 g/mol. The van der Waals surface area contributed by atoms with E-state index in [1.165, 1.54) is 4.68 Å². The van der Waals surface area contributed by atoms with Gasteiger partial charge in [0.1, 0.15) is 16.7 Å². The van der Waals surface area contributed by atoms with Gasteiger partial charge in [-0.1, -0.05) is 34.5 Å². The Labute approximate surface area is 192 Å². The predicted molar refractivity (Wildman–Crippen MR) is 123 cm³/mol. The standard InChI is InChI=1S/C24H28ClN3O4/c1-23(2,3)31-21(29)26-14-17-18(25)11-9-13-20(17)27-15-16-10-7-8-12-19(16)28(27)22(30)32-24(4,5)6/h7-13,15H,14H2,1-6H3/p+1. The van der Waals surface area contributed by atoms with Gasteiger partial charge in [-0.2, -0.15) is 0 Å². The molecule has 3 rings (SSSR count). The van der Waals surface area contributed by atoms with Crippen LogP contribution in [0.3, 0.4) is 0 Å². The molecule has 0 spiro atoms. The first-order chi connectivity index (χ1) is 14.9. The lowest BCUT2D eigenvalue weighted by Crippen LogP contribution is -2.46. The minimum absolute atomic E-state index is 0.118. The van der Waals surface area contributed by atoms with Crippen molar-refractivity contribution in [3.8, 4) is 5.69 Å². The van der Waals surface area contributed by atoms with Gasteiger partial charge in [0.25, 0.3) is 0 Å². The number of nitrogens with one attached hydrogen (secondary N) is 1. The molecule has 0 aliphatic rings. The Balaban J connectivity index is 2.07. The van der Waals surface area contributed by atoms with Crippen molar-refractivity contribution in [3.63, 3.8) is 0 Å². The Morgan fingerprint density at radius 2 is 1.62 bits per heavy atom. The highest BCUT2D eigenvalue weighted by Gasteiger charge is 2.30. The van der Waals surface area contributed by atoms with Crippen LogP contribution in [0.2, 0.25) is 5.02 Å². The normalized spacial score (nSPS) is 12.0. The van der Waals surface area contributed by atoms with Crippen LogP contribution in [0.1, 0.15) is 47.1 Å². The summed E-state index contributed by atoms with van der Waals surface area (Å²) >= 11 is 6.50. The lowest BCUT2D eigenvalue weighted by molar-refractivity contribution is -0.671. The van der Waals surface area contributed by atoms with E-state index in [2.05, 4.69) is 5.32 Å². The predicted octanol–water partition coefficient (Wildman–Crippen LogP) is 5.38. The molecule has 8 heteroatoms. The Morgan fingerprint density at radius 1 is 0.969 bits per heavy atom. The molecule has 0 atom stereocenters. The molecule has 0 saturated heterocycles. The maximum atomic E-state index is 13.1. The summed E-state index contributed by atoms with van der Waals surface area (Å²) in [4.78, 5) is 25.3. The Morgan fingerprint density at radius 3 is 2.28 bits per heavy atom. The molecule has 0 aliphatic heterocycles. The molecule has 0 aliphatic carbocycles. The number of ether oxygens (including phenoxy) is 2. The molecule has 2 aromatic carbocycles. The maximum Gasteiger partial charge on any atom is 0.469 e. The molecule has 0 bridgehead atoms. The van der Waals surface area contributed by atoms with Crippen molar-refractivity contribution in [3.05, 3.63) is 59.2 Å². The maximum absolute atomic E-state index is 13.1. The largest absolute Gasteiger partial charge is 0.469 e. The number of aromatic nitrogens is 2. The van der Waals surface area contributed by atoms with E-state index < -0.39 is 23.4 Å². The quantitative estimate of drug-likeness (QED) is 0.535. The van der Waals surface area contributed by atoms with E-state index in [4.69, 9.17) is 21.1 Å². The van der Waals surface area contributed by atoms with Gasteiger partial charge in [-0.15, -0.1) is 0 Å². The van der Waals surface area contributed by atoms with Crippen LogP contribution in [0.25, 0.3) is 16.6 Å². The molecule has 0 fully saturated rings. The zero-order chi connectivity index (χ0) is 23.7. The molecule has 1 N–H and O–H groups in total. The third-order valence-corrected chi connectivity index (χ3v) is 4.71. The summed E-state index contributed by atoms with van der Waals surface area (Å²) < 4.78 is 14.1. The molecule has 0 radical (unpaired) electrons. The van der Waals surface area contributed by atoms with Crippen molar-refractivity contribution in [2.45, 2.75) is 59.3 Å². The van der Waals surface area contributed by atoms with Crippen molar-refractivity contribution >= 4 is 34.7 Å². The van der Waals surface area contributed by atoms with Gasteiger partial charge in [0.2, 0.25) is 11.9 Å². The fourth-order valence-corrected chi connectivity index (χ4v) is 3.41. The molecule has 0 unspecified atom stereocenters. The number of para-hydroxylation sites is 1. The van der Waals surface area contributed by atoms with Crippen LogP contribution in [-0.2, 0) is 16.0 Å². The SMILES string of the molecule is CC(C)(C)OC(=O)NCc1c(Cl)cccc1-[n+]1cc2ccccc2n1C(=O)OC(C)(C)C. The number of benzene rings is 2. The smallest absolute Gasteiger partial charge is 0.444 e. The van der Waals surface area contributed by atoms with Crippen LogP contribution in [-0.4, -0.2) is 28.1 Å². The van der Waals surface area contributed by atoms with Crippen LogP contribution >= 0.6 is 11.6 Å². The number of rotatable bonds is 3. The van der Waals surface area contributed by atoms with Crippen LogP contribution in [0.4, 0.5) is 9.59 Å². The fraction of sp³-hybridized carbons (Fsp3) is 0.375. The highest BCUT2D eigenvalue weighted by molar-refractivity contribution is 6.31. The van der Waals surface area contributed by atoms with E-state index in [-0.39, 0.29) is 6.54 Å². The van der Waals surface area contributed by atoms with E-state index in [9.17, 15) is 9.59 Å². The number of fused-ring (bicyclic) bond motifs is 1. The number of carbonyl (C=O) groups is 2. The molecule has 1 aromatic heterocycles. The van der Waals surface area contributed by atoms with Gasteiger partial charge in [0.15, 0.2) is 0 Å². The zero-order valence-corrected chi connectivity index (χ0v) is 20.0. The lowest BCUT2D eigenvalue weighted by Gasteiger charge is -2.20. The Kier molecular flexibility index (Phi) is 6.51. The summed E-state index contributed by atoms with van der Waals surface area (Å²) in [5, 5.41) is 4.05. The Bertz CT molecular complexity index is 1160. The summed E-state index contributed by atoms with van der Waals surface area (Å²) in [5.41, 5.74) is 0.669. The van der Waals surface area contributed by atoms with Gasteiger partial charge >= 0.3 is 12.2 Å². The third-order valence-electron chi connectivity index (χ3n) is 4.36. The van der Waals surface area contributed by atoms with Gasteiger partial charge in [0, 0.05) is 6.07 Å². The second-order valence-electron chi connectivity index (χ2n) is 9.42. The van der Waals surface area contributed by atoms with Gasteiger partial charge in [-0.3, -0.25) is 0 Å². The number of halogens is 1. The highest BCUT2D eigenvalue weighted by Crippen LogP contribution is 2.23. The van der Waals surface area contributed by atoms with Crippen molar-refractivity contribution < 1.29 is 23.7 Å². The molecule has 3 aromatic rings. The van der Waals surface area contributed by atoms with Gasteiger partial charge in [0.05, 0.1) is 22.5 Å². The second-order valence-corrected chi connectivity index (χ2v) is 9.82. The number of hydrogen-bond acceptors (Lipinski definition) is 4. The average Bonchev–Trinajstić information content (AvgIpc) is 3.03. The van der Waals surface area contributed by atoms with E-state index in [0.29, 0.717) is 21.8 Å². The van der Waals surface area contributed by atoms with Gasteiger partial charge in [-0.05, 0) is 64.4 Å². The number of amides is 1. The Hall–Kier alpha value is -3.06. The molecule has 1 heterocycles. The van der Waals surface area contributed by atoms with E-state index in [0.717, 1.165) is 5.39 Å². The van der Waals surface area contributed by atoms with Crippen LogP contribution in [0.5, 0.6) is 0 Å². The van der Waals surface area contributed by atoms with Crippen LogP contribution < -0.4 is 10.00 Å². The van der Waals surface area contributed by atoms with E-state index in [1.807, 2.05) is 57.3 Å². The first-order valence-corrected chi connectivity index (χ1v) is 10.7. The lowest BCUT2D eigenvalue weighted by atomic mass is 10.1. The molecule has 0 saturated carbocycles. The first kappa shape index (κ1) is 23.6. The van der Waals surface area contributed by atoms with Crippen molar-refractivity contribution in [1.29, 1.82) is 0 Å². The summed E-state index contributed by atoms with van der Waals surface area (Å²) in [7, 11) is 0. The molecule has 1 amide bonds. The third kappa shape index (κ3) is 5.59. The minimum Gasteiger partial charge on any atom is -0.444 e. The minimum atomic E-state index is -0.671. The molecule has 7 nitrogen and oxygen atoms in total. The van der Waals surface area contributed by atoms with Crippen molar-refractivity contribution in [2.24, 2.45) is 0 Å². The zero-order valence-electron chi connectivity index (χ0n) is 19.2. The van der Waals surface area contributed by atoms with Crippen molar-refractivity contribution in [1.82, 2.24) is 10.00 Å². The van der Waals surface area contributed by atoms with Gasteiger partial charge < -0.3 is 14.8 Å². The number of nitrogens with zero attached hydrogens (tertiary/aromatic N) is 2. The first-order valence-electron chi connectivity index (χ1n) is 10.4. The van der Waals surface area contributed by atoms with E-state index in [1.54, 1.807) is 37.6 Å². The van der Waals surface area contributed by atoms with Crippen LogP contribution in [0, 0.1) is 0 Å². The van der Waals surface area contributed by atoms with E-state index >= 15 is 0 Å². The number of carbonyl (C=O) groups excluding carboxylic acids is 2. The van der Waals surface area contributed by atoms with Gasteiger partial charge in [-0.25, -0.2) is 9.59 Å². The number of alkyl carbamates (subject to hydrolysis) is 1. The summed E-state index contributed by atoms with van der Waals surface area (Å²) in [5.74, 6) is 0. The molecule has 170 valence electrons. The summed E-state index contributed by atoms with van der Waals surface area (Å²) in [6.07, 6.45) is 0.757.